The Hall–Kier alpha value is -2.62. The number of carbonyl (C=O) groups is 2. The topological polar surface area (TPSA) is 123 Å². The molecule has 0 radical (unpaired) electrons. The summed E-state index contributed by atoms with van der Waals surface area (Å²) in [7, 11) is 0. The molecule has 0 spiro atoms. The molecule has 0 bridgehead atoms. The Balaban J connectivity index is 1.44. The highest BCUT2D eigenvalue weighted by Gasteiger charge is 2.09. The molecule has 0 saturated heterocycles. The number of anilines is 2. The lowest BCUT2D eigenvalue weighted by Crippen LogP contribution is -2.27. The molecule has 1 aromatic heterocycles. The van der Waals surface area contributed by atoms with Crippen molar-refractivity contribution in [2.45, 2.75) is 0 Å². The first kappa shape index (κ1) is 20.7. The summed E-state index contributed by atoms with van der Waals surface area (Å²) in [5.74, 6) is -1.14. The second kappa shape index (κ2) is 11.2. The minimum atomic E-state index is -0.944. The Morgan fingerprint density at radius 2 is 1.67 bits per heavy atom. The van der Waals surface area contributed by atoms with Crippen molar-refractivity contribution in [2.24, 2.45) is 0 Å². The summed E-state index contributed by atoms with van der Waals surface area (Å²) >= 11 is 1.33. The third-order valence-corrected chi connectivity index (χ3v) is 4.30. The first-order valence-corrected chi connectivity index (χ1v) is 9.30. The monoisotopic (exact) mass is 393 g/mol. The lowest BCUT2D eigenvalue weighted by atomic mass is 10.2. The number of carbonyl (C=O) groups excluding carboxylic acids is 1. The highest BCUT2D eigenvalue weighted by atomic mass is 32.1. The van der Waals surface area contributed by atoms with Crippen LogP contribution in [-0.4, -0.2) is 56.5 Å². The molecule has 0 unspecified atom stereocenters. The Morgan fingerprint density at radius 1 is 1.00 bits per heavy atom. The number of aromatic carboxylic acids is 1. The van der Waals surface area contributed by atoms with Crippen LogP contribution >= 0.6 is 11.3 Å². The van der Waals surface area contributed by atoms with Crippen LogP contribution in [0.2, 0.25) is 0 Å². The quantitative estimate of drug-likeness (QED) is 0.406. The number of thiophene rings is 1. The van der Waals surface area contributed by atoms with E-state index in [2.05, 4.69) is 10.6 Å². The molecule has 8 nitrogen and oxygen atoms in total. The van der Waals surface area contributed by atoms with Gasteiger partial charge in [-0.3, -0.25) is 4.79 Å². The van der Waals surface area contributed by atoms with Crippen molar-refractivity contribution in [1.82, 2.24) is 5.32 Å². The number of benzene rings is 1. The van der Waals surface area contributed by atoms with Crippen LogP contribution in [0.3, 0.4) is 0 Å². The van der Waals surface area contributed by atoms with E-state index >= 15 is 0 Å². The molecule has 2 rings (SSSR count). The van der Waals surface area contributed by atoms with E-state index in [-0.39, 0.29) is 11.5 Å². The molecule has 27 heavy (non-hydrogen) atoms. The van der Waals surface area contributed by atoms with Crippen LogP contribution in [0.4, 0.5) is 10.7 Å². The summed E-state index contributed by atoms with van der Waals surface area (Å²) in [5.41, 5.74) is 7.27. The molecule has 5 N–H and O–H groups in total. The summed E-state index contributed by atoms with van der Waals surface area (Å²) in [5, 5.41) is 17.0. The Labute approximate surface area is 161 Å². The van der Waals surface area contributed by atoms with E-state index in [4.69, 9.17) is 20.3 Å². The van der Waals surface area contributed by atoms with Gasteiger partial charge in [0.1, 0.15) is 0 Å². The van der Waals surface area contributed by atoms with Crippen LogP contribution in [-0.2, 0) is 9.47 Å². The average Bonchev–Trinajstić information content (AvgIpc) is 3.09. The first-order valence-electron chi connectivity index (χ1n) is 8.42. The molecule has 0 aliphatic carbocycles. The normalized spacial score (nSPS) is 10.5. The Bertz CT molecular complexity index is 733. The van der Waals surface area contributed by atoms with Gasteiger partial charge in [-0.05, 0) is 35.7 Å². The standard InChI is InChI=1S/C18H23N3O5S/c19-16-15(5-12-27-16)17(22)21-7-9-26-11-10-25-8-6-20-14-3-1-13(2-4-14)18(23)24/h1-5,12,20H,6-11,19H2,(H,21,22)(H,23,24). The summed E-state index contributed by atoms with van der Waals surface area (Å²) in [6.07, 6.45) is 0. The van der Waals surface area contributed by atoms with Crippen LogP contribution in [0, 0.1) is 0 Å². The molecule has 0 fully saturated rings. The first-order chi connectivity index (χ1) is 13.1. The van der Waals surface area contributed by atoms with Crippen molar-refractivity contribution in [3.8, 4) is 0 Å². The molecule has 1 aromatic carbocycles. The molecule has 0 aliphatic heterocycles. The maximum absolute atomic E-state index is 11.8. The van der Waals surface area contributed by atoms with E-state index in [0.29, 0.717) is 50.1 Å². The molecule has 9 heteroatoms. The van der Waals surface area contributed by atoms with Crippen molar-refractivity contribution in [3.05, 3.63) is 46.8 Å². The van der Waals surface area contributed by atoms with Gasteiger partial charge in [-0.25, -0.2) is 4.79 Å². The number of rotatable bonds is 12. The van der Waals surface area contributed by atoms with Gasteiger partial charge in [0.2, 0.25) is 0 Å². The van der Waals surface area contributed by atoms with E-state index in [1.54, 1.807) is 35.7 Å². The predicted octanol–water partition coefficient (Wildman–Crippen LogP) is 1.90. The van der Waals surface area contributed by atoms with Gasteiger partial charge in [0.05, 0.1) is 42.6 Å². The van der Waals surface area contributed by atoms with Gasteiger partial charge in [0, 0.05) is 18.8 Å². The lowest BCUT2D eigenvalue weighted by Gasteiger charge is -2.09. The lowest BCUT2D eigenvalue weighted by molar-refractivity contribution is 0.0519. The van der Waals surface area contributed by atoms with Crippen molar-refractivity contribution >= 4 is 33.9 Å². The van der Waals surface area contributed by atoms with E-state index in [9.17, 15) is 9.59 Å². The van der Waals surface area contributed by atoms with Crippen LogP contribution in [0.1, 0.15) is 20.7 Å². The molecule has 2 aromatic rings. The largest absolute Gasteiger partial charge is 0.478 e. The average molecular weight is 393 g/mol. The van der Waals surface area contributed by atoms with Crippen molar-refractivity contribution < 1.29 is 24.2 Å². The van der Waals surface area contributed by atoms with E-state index in [0.717, 1.165) is 5.69 Å². The molecule has 1 amide bonds. The van der Waals surface area contributed by atoms with Gasteiger partial charge < -0.3 is 30.9 Å². The minimum Gasteiger partial charge on any atom is -0.478 e. The fourth-order valence-electron chi connectivity index (χ4n) is 2.16. The second-order valence-corrected chi connectivity index (χ2v) is 6.44. The maximum Gasteiger partial charge on any atom is 0.335 e. The third kappa shape index (κ3) is 7.26. The maximum atomic E-state index is 11.8. The number of hydrogen-bond acceptors (Lipinski definition) is 7. The number of nitrogen functional groups attached to an aromatic ring is 1. The number of nitrogens with one attached hydrogen (secondary N) is 2. The second-order valence-electron chi connectivity index (χ2n) is 5.49. The van der Waals surface area contributed by atoms with Crippen LogP contribution in [0.25, 0.3) is 0 Å². The number of amides is 1. The molecule has 1 heterocycles. The van der Waals surface area contributed by atoms with Crippen LogP contribution < -0.4 is 16.4 Å². The smallest absolute Gasteiger partial charge is 0.335 e. The van der Waals surface area contributed by atoms with Gasteiger partial charge in [-0.1, -0.05) is 0 Å². The number of carboxylic acid groups (broad SMARTS) is 1. The fraction of sp³-hybridized carbons (Fsp3) is 0.333. The van der Waals surface area contributed by atoms with Crippen LogP contribution in [0.15, 0.2) is 35.7 Å². The number of hydrogen-bond donors (Lipinski definition) is 4. The number of carboxylic acids is 1. The Kier molecular flexibility index (Phi) is 8.56. The van der Waals surface area contributed by atoms with E-state index in [1.165, 1.54) is 11.3 Å². The van der Waals surface area contributed by atoms with Gasteiger partial charge in [-0.2, -0.15) is 0 Å². The SMILES string of the molecule is Nc1sccc1C(=O)NCCOCCOCCNc1ccc(C(=O)O)cc1. The van der Waals surface area contributed by atoms with E-state index in [1.807, 2.05) is 0 Å². The zero-order chi connectivity index (χ0) is 19.5. The van der Waals surface area contributed by atoms with Crippen molar-refractivity contribution in [1.29, 1.82) is 0 Å². The fourth-order valence-corrected chi connectivity index (χ4v) is 2.80. The zero-order valence-electron chi connectivity index (χ0n) is 14.8. The predicted molar refractivity (Wildman–Crippen MR) is 105 cm³/mol. The summed E-state index contributed by atoms with van der Waals surface area (Å²) in [6.45, 7) is 2.78. The minimum absolute atomic E-state index is 0.198. The van der Waals surface area contributed by atoms with E-state index < -0.39 is 5.97 Å². The van der Waals surface area contributed by atoms with Gasteiger partial charge >= 0.3 is 5.97 Å². The summed E-state index contributed by atoms with van der Waals surface area (Å²) < 4.78 is 10.8. The van der Waals surface area contributed by atoms with Gasteiger partial charge in [0.15, 0.2) is 0 Å². The number of nitrogens with two attached hydrogens (primary N) is 1. The molecule has 0 atom stereocenters. The molecule has 0 saturated carbocycles. The molecule has 146 valence electrons. The van der Waals surface area contributed by atoms with Crippen molar-refractivity contribution in [2.75, 3.05) is 50.6 Å². The molecular weight excluding hydrogens is 370 g/mol. The Morgan fingerprint density at radius 3 is 2.26 bits per heavy atom. The highest BCUT2D eigenvalue weighted by Crippen LogP contribution is 2.18. The zero-order valence-corrected chi connectivity index (χ0v) is 15.6. The molecular formula is C18H23N3O5S. The van der Waals surface area contributed by atoms with Gasteiger partial charge in [0.25, 0.3) is 5.91 Å². The highest BCUT2D eigenvalue weighted by molar-refractivity contribution is 7.14. The number of ether oxygens (including phenoxy) is 2. The summed E-state index contributed by atoms with van der Waals surface area (Å²) in [6, 6.07) is 8.21. The van der Waals surface area contributed by atoms with Crippen molar-refractivity contribution in [3.63, 3.8) is 0 Å². The summed E-state index contributed by atoms with van der Waals surface area (Å²) in [4.78, 5) is 22.6. The van der Waals surface area contributed by atoms with Gasteiger partial charge in [-0.15, -0.1) is 11.3 Å². The molecule has 0 aliphatic rings. The third-order valence-electron chi connectivity index (χ3n) is 3.55. The van der Waals surface area contributed by atoms with Crippen LogP contribution in [0.5, 0.6) is 0 Å².